The van der Waals surface area contributed by atoms with Crippen LogP contribution in [0, 0.1) is 0 Å². The van der Waals surface area contributed by atoms with Gasteiger partial charge in [0.1, 0.15) is 11.5 Å². The van der Waals surface area contributed by atoms with Crippen molar-refractivity contribution in [1.29, 1.82) is 0 Å². The van der Waals surface area contributed by atoms with E-state index in [0.717, 1.165) is 0 Å². The summed E-state index contributed by atoms with van der Waals surface area (Å²) in [6.07, 6.45) is 0. The summed E-state index contributed by atoms with van der Waals surface area (Å²) in [6.45, 7) is 3.85. The summed E-state index contributed by atoms with van der Waals surface area (Å²) in [6, 6.07) is 11.4. The summed E-state index contributed by atoms with van der Waals surface area (Å²) in [5, 5.41) is 23.2. The van der Waals surface area contributed by atoms with Gasteiger partial charge in [-0.05, 0) is 47.9 Å². The average molecular weight is 410 g/mol. The van der Waals surface area contributed by atoms with Gasteiger partial charge in [-0.3, -0.25) is 0 Å². The Hall–Kier alpha value is -3.81. The van der Waals surface area contributed by atoms with Crippen LogP contribution in [-0.2, 0) is 0 Å². The number of ether oxygens (including phenoxy) is 2. The number of carboxylic acids is 2. The van der Waals surface area contributed by atoms with Crippen LogP contribution in [0.4, 0.5) is 0 Å². The molecule has 0 bridgehead atoms. The van der Waals surface area contributed by atoms with E-state index >= 15 is 0 Å². The lowest BCUT2D eigenvalue weighted by Crippen LogP contribution is -2.09. The zero-order valence-electron chi connectivity index (χ0n) is 17.0. The molecule has 0 amide bonds. The van der Waals surface area contributed by atoms with Crippen molar-refractivity contribution in [2.24, 2.45) is 0 Å². The average Bonchev–Trinajstić information content (AvgIpc) is 3.17. The number of aromatic carboxylic acids is 2. The molecule has 156 valence electrons. The third-order valence-electron chi connectivity index (χ3n) is 4.74. The second-order valence-corrected chi connectivity index (χ2v) is 6.90. The van der Waals surface area contributed by atoms with Crippen LogP contribution in [0.15, 0.2) is 42.5 Å². The zero-order valence-corrected chi connectivity index (χ0v) is 17.0. The number of carbonyl (C=O) groups is 2. The molecule has 8 heteroatoms. The Morgan fingerprint density at radius 1 is 0.967 bits per heavy atom. The predicted molar refractivity (Wildman–Crippen MR) is 110 cm³/mol. The highest BCUT2D eigenvalue weighted by Gasteiger charge is 2.24. The highest BCUT2D eigenvalue weighted by Crippen LogP contribution is 2.40. The quantitative estimate of drug-likeness (QED) is 0.604. The van der Waals surface area contributed by atoms with Crippen molar-refractivity contribution in [2.75, 3.05) is 14.2 Å². The Labute approximate surface area is 173 Å². The van der Waals surface area contributed by atoms with E-state index in [4.69, 9.17) is 9.47 Å². The van der Waals surface area contributed by atoms with Crippen molar-refractivity contribution in [2.45, 2.75) is 19.8 Å². The Morgan fingerprint density at radius 3 is 2.10 bits per heavy atom. The maximum atomic E-state index is 11.7. The van der Waals surface area contributed by atoms with Gasteiger partial charge in [0.2, 0.25) is 0 Å². The van der Waals surface area contributed by atoms with Crippen LogP contribution in [0.1, 0.15) is 46.2 Å². The molecule has 0 aliphatic rings. The largest absolute Gasteiger partial charge is 0.496 e. The van der Waals surface area contributed by atoms with Gasteiger partial charge in [-0.2, -0.15) is 5.10 Å². The van der Waals surface area contributed by atoms with Gasteiger partial charge in [0.25, 0.3) is 0 Å². The molecule has 0 saturated carbocycles. The fraction of sp³-hybridized carbons (Fsp3) is 0.227. The molecule has 0 aliphatic heterocycles. The van der Waals surface area contributed by atoms with Crippen molar-refractivity contribution in [3.63, 3.8) is 0 Å². The fourth-order valence-corrected chi connectivity index (χ4v) is 3.29. The van der Waals surface area contributed by atoms with Crippen LogP contribution in [-0.4, -0.2) is 46.2 Å². The minimum Gasteiger partial charge on any atom is -0.496 e. The maximum absolute atomic E-state index is 11.7. The van der Waals surface area contributed by atoms with E-state index in [0.29, 0.717) is 34.0 Å². The normalized spacial score (nSPS) is 10.8. The van der Waals surface area contributed by atoms with E-state index < -0.39 is 11.9 Å². The first-order valence-corrected chi connectivity index (χ1v) is 9.20. The highest BCUT2D eigenvalue weighted by atomic mass is 16.5. The minimum atomic E-state index is -1.18. The molecular weight excluding hydrogens is 388 g/mol. The second kappa shape index (κ2) is 8.28. The van der Waals surface area contributed by atoms with E-state index in [9.17, 15) is 19.8 Å². The molecule has 1 heterocycles. The van der Waals surface area contributed by atoms with Crippen LogP contribution in [0.2, 0.25) is 0 Å². The molecule has 1 aromatic heterocycles. The molecule has 0 spiro atoms. The summed E-state index contributed by atoms with van der Waals surface area (Å²) < 4.78 is 12.5. The molecule has 0 unspecified atom stereocenters. The number of hydrogen-bond acceptors (Lipinski definition) is 5. The standard InChI is InChI=1S/C22H22N2O6/c1-12(2)14-10-13(21(25)26)8-9-16(14)24-17(11-15(23-24)22(27)28)20-18(29-3)6-5-7-19(20)30-4/h5-12H,1-4H3,(H,25,26)(H,27,28). The lowest BCUT2D eigenvalue weighted by atomic mass is 9.98. The summed E-state index contributed by atoms with van der Waals surface area (Å²) in [4.78, 5) is 23.1. The number of benzene rings is 2. The molecule has 0 fully saturated rings. The molecule has 8 nitrogen and oxygen atoms in total. The Morgan fingerprint density at radius 2 is 1.60 bits per heavy atom. The molecule has 30 heavy (non-hydrogen) atoms. The zero-order chi connectivity index (χ0) is 22.0. The summed E-state index contributed by atoms with van der Waals surface area (Å²) in [7, 11) is 3.02. The van der Waals surface area contributed by atoms with Gasteiger partial charge in [0, 0.05) is 0 Å². The predicted octanol–water partition coefficient (Wildman–Crippen LogP) is 4.08. The monoisotopic (exact) mass is 410 g/mol. The number of carboxylic acid groups (broad SMARTS) is 2. The van der Waals surface area contributed by atoms with Crippen LogP contribution in [0.25, 0.3) is 16.9 Å². The molecule has 3 aromatic rings. The van der Waals surface area contributed by atoms with Crippen LogP contribution < -0.4 is 9.47 Å². The van der Waals surface area contributed by atoms with Gasteiger partial charge in [0.15, 0.2) is 5.69 Å². The number of aromatic nitrogens is 2. The van der Waals surface area contributed by atoms with E-state index in [1.807, 2.05) is 13.8 Å². The van der Waals surface area contributed by atoms with E-state index in [1.54, 1.807) is 30.3 Å². The number of hydrogen-bond donors (Lipinski definition) is 2. The third kappa shape index (κ3) is 3.71. The van der Waals surface area contributed by atoms with Gasteiger partial charge in [-0.25, -0.2) is 14.3 Å². The van der Waals surface area contributed by atoms with Crippen molar-refractivity contribution in [3.05, 3.63) is 59.3 Å². The molecule has 2 aromatic carbocycles. The Balaban J connectivity index is 2.37. The minimum absolute atomic E-state index is 0.0378. The molecule has 2 N–H and O–H groups in total. The van der Waals surface area contributed by atoms with E-state index in [-0.39, 0.29) is 17.2 Å². The van der Waals surface area contributed by atoms with Crippen molar-refractivity contribution >= 4 is 11.9 Å². The Kier molecular flexibility index (Phi) is 5.77. The molecule has 0 radical (unpaired) electrons. The van der Waals surface area contributed by atoms with Crippen LogP contribution in [0.3, 0.4) is 0 Å². The SMILES string of the molecule is COc1cccc(OC)c1-c1cc(C(=O)O)nn1-c1ccc(C(=O)O)cc1C(C)C. The lowest BCUT2D eigenvalue weighted by Gasteiger charge is -2.18. The number of nitrogens with zero attached hydrogens (tertiary/aromatic N) is 2. The first kappa shape index (κ1) is 20.9. The summed E-state index contributed by atoms with van der Waals surface area (Å²) >= 11 is 0. The third-order valence-corrected chi connectivity index (χ3v) is 4.74. The van der Waals surface area contributed by atoms with Gasteiger partial charge < -0.3 is 19.7 Å². The van der Waals surface area contributed by atoms with Crippen molar-refractivity contribution in [1.82, 2.24) is 9.78 Å². The fourth-order valence-electron chi connectivity index (χ4n) is 3.29. The second-order valence-electron chi connectivity index (χ2n) is 6.90. The number of methoxy groups -OCH3 is 2. The molecule has 0 atom stereocenters. The molecule has 0 saturated heterocycles. The topological polar surface area (TPSA) is 111 Å². The summed E-state index contributed by atoms with van der Waals surface area (Å²) in [5.74, 6) is -1.29. The van der Waals surface area contributed by atoms with Gasteiger partial charge in [-0.15, -0.1) is 0 Å². The number of rotatable bonds is 7. The van der Waals surface area contributed by atoms with Gasteiger partial charge >= 0.3 is 11.9 Å². The van der Waals surface area contributed by atoms with Crippen LogP contribution >= 0.6 is 0 Å². The Bertz CT molecular complexity index is 1090. The van der Waals surface area contributed by atoms with E-state index in [2.05, 4.69) is 5.10 Å². The lowest BCUT2D eigenvalue weighted by molar-refractivity contribution is 0.0682. The first-order valence-electron chi connectivity index (χ1n) is 9.20. The van der Waals surface area contributed by atoms with Gasteiger partial charge in [-0.1, -0.05) is 19.9 Å². The smallest absolute Gasteiger partial charge is 0.356 e. The highest BCUT2D eigenvalue weighted by molar-refractivity contribution is 5.90. The van der Waals surface area contributed by atoms with Crippen molar-refractivity contribution in [3.8, 4) is 28.4 Å². The summed E-state index contributed by atoms with van der Waals surface area (Å²) in [5.41, 5.74) is 2.26. The van der Waals surface area contributed by atoms with Crippen molar-refractivity contribution < 1.29 is 29.3 Å². The molecular formula is C22H22N2O6. The maximum Gasteiger partial charge on any atom is 0.356 e. The van der Waals surface area contributed by atoms with Crippen LogP contribution in [0.5, 0.6) is 11.5 Å². The van der Waals surface area contributed by atoms with Gasteiger partial charge in [0.05, 0.1) is 36.7 Å². The van der Waals surface area contributed by atoms with E-state index in [1.165, 1.54) is 31.0 Å². The molecule has 0 aliphatic carbocycles. The molecule has 3 rings (SSSR count). The first-order chi connectivity index (χ1) is 14.3.